The quantitative estimate of drug-likeness (QED) is 0.149. The minimum Gasteiger partial charge on any atom is -0.453 e. The molecule has 2 aromatic heterocycles. The Bertz CT molecular complexity index is 1760. The molecule has 2 amide bonds. The number of rotatable bonds is 5. The summed E-state index contributed by atoms with van der Waals surface area (Å²) in [5.74, 6) is -0.538. The zero-order valence-corrected chi connectivity index (χ0v) is 25.3. The fourth-order valence-electron chi connectivity index (χ4n) is 4.92. The predicted octanol–water partition coefficient (Wildman–Crippen LogP) is 6.08. The number of anilines is 2. The highest BCUT2D eigenvalue weighted by Gasteiger charge is 2.40. The third kappa shape index (κ3) is 7.90. The molecule has 0 saturated heterocycles. The van der Waals surface area contributed by atoms with Crippen LogP contribution < -0.4 is 16.0 Å². The third-order valence-electron chi connectivity index (χ3n) is 7.15. The van der Waals surface area contributed by atoms with Crippen molar-refractivity contribution in [3.8, 4) is 16.9 Å². The van der Waals surface area contributed by atoms with Crippen molar-refractivity contribution in [1.82, 2.24) is 35.5 Å². The molecular weight excluding hydrogens is 627 g/mol. The van der Waals surface area contributed by atoms with Gasteiger partial charge in [-0.3, -0.25) is 10.1 Å². The Kier molecular flexibility index (Phi) is 9.70. The van der Waals surface area contributed by atoms with Gasteiger partial charge >= 0.3 is 12.3 Å². The molecule has 3 atom stereocenters. The van der Waals surface area contributed by atoms with E-state index in [-0.39, 0.29) is 24.2 Å². The van der Waals surface area contributed by atoms with E-state index in [9.17, 15) is 22.8 Å². The predicted molar refractivity (Wildman–Crippen MR) is 165 cm³/mol. The molecule has 0 radical (unpaired) electrons. The number of aromatic amines is 1. The van der Waals surface area contributed by atoms with Gasteiger partial charge in [0.05, 0.1) is 30.7 Å². The maximum Gasteiger partial charge on any atom is 0.411 e. The first-order valence-corrected chi connectivity index (χ1v) is 14.4. The summed E-state index contributed by atoms with van der Waals surface area (Å²) in [5.41, 5.74) is 2.32. The Morgan fingerprint density at radius 2 is 2.02 bits per heavy atom. The van der Waals surface area contributed by atoms with Gasteiger partial charge in [-0.25, -0.2) is 9.78 Å². The van der Waals surface area contributed by atoms with Crippen molar-refractivity contribution >= 4 is 41.1 Å². The van der Waals surface area contributed by atoms with E-state index in [2.05, 4.69) is 46.2 Å². The maximum atomic E-state index is 14.2. The summed E-state index contributed by atoms with van der Waals surface area (Å²) in [6.07, 6.45) is 3.85. The molecule has 2 bridgehead atoms. The number of aromatic nitrogens is 6. The number of allylic oxidation sites excluding steroid dienone is 1. The van der Waals surface area contributed by atoms with Crippen LogP contribution in [0.4, 0.5) is 29.3 Å². The van der Waals surface area contributed by atoms with Gasteiger partial charge < -0.3 is 20.4 Å². The number of alkyl halides is 3. The summed E-state index contributed by atoms with van der Waals surface area (Å²) in [6, 6.07) is 7.00. The minimum atomic E-state index is -4.57. The maximum absolute atomic E-state index is 14.2. The Morgan fingerprint density at radius 3 is 2.76 bits per heavy atom. The molecule has 16 heteroatoms. The Hall–Kier alpha value is -5.18. The second kappa shape index (κ2) is 13.9. The van der Waals surface area contributed by atoms with E-state index >= 15 is 0 Å². The Balaban J connectivity index is 1.46. The van der Waals surface area contributed by atoms with Gasteiger partial charge in [0.25, 0.3) is 0 Å². The van der Waals surface area contributed by atoms with Gasteiger partial charge in [0, 0.05) is 33.6 Å². The van der Waals surface area contributed by atoms with Crippen LogP contribution in [0.15, 0.2) is 67.2 Å². The van der Waals surface area contributed by atoms with Crippen LogP contribution in [0.2, 0.25) is 5.02 Å². The lowest BCUT2D eigenvalue weighted by atomic mass is 9.99. The fourth-order valence-corrected chi connectivity index (χ4v) is 5.10. The van der Waals surface area contributed by atoms with Gasteiger partial charge in [0.2, 0.25) is 5.91 Å². The number of fused-ring (bicyclic) bond motifs is 4. The highest BCUT2D eigenvalue weighted by atomic mass is 35.5. The molecule has 1 aliphatic rings. The largest absolute Gasteiger partial charge is 0.453 e. The molecule has 2 aromatic carbocycles. The molecule has 5 rings (SSSR count). The normalized spacial score (nSPS) is 19.1. The van der Waals surface area contributed by atoms with E-state index in [4.69, 9.17) is 11.6 Å². The van der Waals surface area contributed by atoms with Crippen LogP contribution in [0.1, 0.15) is 37.2 Å². The number of imidazole rings is 1. The highest BCUT2D eigenvalue weighted by Crippen LogP contribution is 2.36. The van der Waals surface area contributed by atoms with Crippen LogP contribution in [0, 0.1) is 5.92 Å². The van der Waals surface area contributed by atoms with Crippen LogP contribution in [0.3, 0.4) is 0 Å². The number of hydrogen-bond acceptors (Lipinski definition) is 8. The molecule has 0 spiro atoms. The molecule has 0 aliphatic carbocycles. The number of halogens is 4. The fraction of sp³-hybridized carbons (Fsp3) is 0.267. The van der Waals surface area contributed by atoms with Gasteiger partial charge in [0.1, 0.15) is 18.2 Å². The van der Waals surface area contributed by atoms with E-state index in [1.807, 2.05) is 0 Å². The number of ether oxygens (including phenoxy) is 1. The Morgan fingerprint density at radius 1 is 1.20 bits per heavy atom. The summed E-state index contributed by atoms with van der Waals surface area (Å²) >= 11 is 6.19. The SMILES string of the molecule is COC(=O)Nc1ccc2c(c1)NC(C(F)(F)F)CC(C)/C=C/C[C@H](NC(=O)/C=C/c1cc(Cl)ccc1-n1cnnn1)c1ncc-2[nH]1. The molecule has 0 fully saturated rings. The number of amides is 2. The molecule has 4 aromatic rings. The number of H-pyrrole nitrogens is 1. The van der Waals surface area contributed by atoms with Gasteiger partial charge in [-0.05, 0) is 71.7 Å². The van der Waals surface area contributed by atoms with Crippen LogP contribution in [0.25, 0.3) is 23.0 Å². The first-order valence-electron chi connectivity index (χ1n) is 14.1. The zero-order valence-electron chi connectivity index (χ0n) is 24.5. The van der Waals surface area contributed by atoms with E-state index in [0.717, 1.165) is 0 Å². The lowest BCUT2D eigenvalue weighted by Crippen LogP contribution is -2.37. The Labute approximate surface area is 266 Å². The molecule has 3 heterocycles. The molecular formula is C30H29ClF3N9O3. The third-order valence-corrected chi connectivity index (χ3v) is 7.39. The second-order valence-corrected chi connectivity index (χ2v) is 11.0. The molecule has 12 nitrogen and oxygen atoms in total. The highest BCUT2D eigenvalue weighted by molar-refractivity contribution is 6.30. The molecule has 2 unspecified atom stereocenters. The molecule has 46 heavy (non-hydrogen) atoms. The molecule has 1 aliphatic heterocycles. The molecule has 0 saturated carbocycles. The average molecular weight is 656 g/mol. The first-order chi connectivity index (χ1) is 22.0. The average Bonchev–Trinajstić information content (AvgIpc) is 3.72. The topological polar surface area (TPSA) is 152 Å². The van der Waals surface area contributed by atoms with E-state index in [0.29, 0.717) is 33.4 Å². The van der Waals surface area contributed by atoms with Gasteiger partial charge in [-0.2, -0.15) is 17.9 Å². The standard InChI is InChI=1S/C30H29ClF3N9O3/c1-17-4-3-5-22(39-27(44)11-6-18-13-19(31)7-10-25(18)43-16-36-41-42-43)28-35-15-24(40-28)21-9-8-20(37-29(45)46-2)14-23(21)38-26(12-17)30(32,33)34/h3-4,6-11,13-17,22,26,38H,5,12H2,1-2H3,(H,35,40)(H,37,45)(H,39,44)/b4-3+,11-6+/t17?,22-,26?/m0/s1. The summed E-state index contributed by atoms with van der Waals surface area (Å²) in [6.45, 7) is 1.68. The van der Waals surface area contributed by atoms with Crippen molar-refractivity contribution in [2.45, 2.75) is 38.0 Å². The van der Waals surface area contributed by atoms with E-state index in [1.54, 1.807) is 49.4 Å². The van der Waals surface area contributed by atoms with Crippen molar-refractivity contribution in [2.24, 2.45) is 5.92 Å². The van der Waals surface area contributed by atoms with E-state index < -0.39 is 36.2 Å². The van der Waals surface area contributed by atoms with Crippen molar-refractivity contribution in [1.29, 1.82) is 0 Å². The monoisotopic (exact) mass is 655 g/mol. The summed E-state index contributed by atoms with van der Waals surface area (Å²) < 4.78 is 48.6. The summed E-state index contributed by atoms with van der Waals surface area (Å²) in [5, 5.41) is 19.7. The smallest absolute Gasteiger partial charge is 0.411 e. The van der Waals surface area contributed by atoms with Gasteiger partial charge in [-0.15, -0.1) is 5.10 Å². The van der Waals surface area contributed by atoms with Crippen LogP contribution in [-0.4, -0.2) is 61.5 Å². The van der Waals surface area contributed by atoms with E-state index in [1.165, 1.54) is 42.5 Å². The zero-order chi connectivity index (χ0) is 32.8. The number of benzene rings is 2. The van der Waals surface area contributed by atoms with Gasteiger partial charge in [0.15, 0.2) is 0 Å². The van der Waals surface area contributed by atoms with Crippen LogP contribution in [-0.2, 0) is 9.53 Å². The molecule has 4 N–H and O–H groups in total. The van der Waals surface area contributed by atoms with Crippen molar-refractivity contribution in [2.75, 3.05) is 17.7 Å². The van der Waals surface area contributed by atoms with Crippen molar-refractivity contribution < 1.29 is 27.5 Å². The number of carbonyl (C=O) groups is 2. The number of hydrogen-bond donors (Lipinski definition) is 4. The number of methoxy groups -OCH3 is 1. The van der Waals surface area contributed by atoms with Crippen molar-refractivity contribution in [3.05, 3.63) is 83.6 Å². The van der Waals surface area contributed by atoms with Crippen LogP contribution >= 0.6 is 11.6 Å². The number of nitrogens with zero attached hydrogens (tertiary/aromatic N) is 5. The number of tetrazole rings is 1. The lowest BCUT2D eigenvalue weighted by Gasteiger charge is -2.26. The van der Waals surface area contributed by atoms with Crippen LogP contribution in [0.5, 0.6) is 0 Å². The first kappa shape index (κ1) is 32.2. The summed E-state index contributed by atoms with van der Waals surface area (Å²) in [4.78, 5) is 32.5. The summed E-state index contributed by atoms with van der Waals surface area (Å²) in [7, 11) is 1.18. The number of carbonyl (C=O) groups excluding carboxylic acids is 2. The lowest BCUT2D eigenvalue weighted by molar-refractivity contribution is -0.145. The van der Waals surface area contributed by atoms with Gasteiger partial charge in [-0.1, -0.05) is 30.7 Å². The van der Waals surface area contributed by atoms with Crippen molar-refractivity contribution in [3.63, 3.8) is 0 Å². The molecule has 240 valence electrons. The number of nitrogens with one attached hydrogen (secondary N) is 4. The second-order valence-electron chi connectivity index (χ2n) is 10.5. The minimum absolute atomic E-state index is 0.116.